The SMILES string of the molecule is [2H]CC(C)(C)OC(=O)N[C@H](/C=N\O)Cc1ccccc1. The van der Waals surface area contributed by atoms with E-state index in [0.717, 1.165) is 5.56 Å². The smallest absolute Gasteiger partial charge is 0.408 e. The second kappa shape index (κ2) is 6.78. The first kappa shape index (κ1) is 13.4. The molecule has 0 saturated heterocycles. The predicted molar refractivity (Wildman–Crippen MR) is 73.6 cm³/mol. The molecule has 0 saturated carbocycles. The van der Waals surface area contributed by atoms with Crippen LogP contribution in [0.25, 0.3) is 0 Å². The molecule has 0 aliphatic rings. The van der Waals surface area contributed by atoms with E-state index < -0.39 is 17.7 Å². The summed E-state index contributed by atoms with van der Waals surface area (Å²) in [6.07, 6.45) is 1.09. The van der Waals surface area contributed by atoms with Gasteiger partial charge in [-0.05, 0) is 32.7 Å². The Kier molecular flexibility index (Phi) is 4.78. The normalized spacial score (nSPS) is 13.9. The Hall–Kier alpha value is -2.04. The lowest BCUT2D eigenvalue weighted by Crippen LogP contribution is -2.41. The van der Waals surface area contributed by atoms with Gasteiger partial charge < -0.3 is 15.3 Å². The van der Waals surface area contributed by atoms with Crippen molar-refractivity contribution in [2.75, 3.05) is 0 Å². The fourth-order valence-corrected chi connectivity index (χ4v) is 1.52. The molecule has 5 heteroatoms. The number of nitrogens with one attached hydrogen (secondary N) is 1. The van der Waals surface area contributed by atoms with Crippen molar-refractivity contribution < 1.29 is 16.1 Å². The zero-order valence-electron chi connectivity index (χ0n) is 12.2. The van der Waals surface area contributed by atoms with Crippen molar-refractivity contribution in [1.82, 2.24) is 5.32 Å². The number of hydrogen-bond donors (Lipinski definition) is 2. The van der Waals surface area contributed by atoms with Crippen LogP contribution in [0.2, 0.25) is 0 Å². The molecule has 5 nitrogen and oxygen atoms in total. The van der Waals surface area contributed by atoms with Crippen molar-refractivity contribution in [3.8, 4) is 0 Å². The van der Waals surface area contributed by atoms with Gasteiger partial charge in [0, 0.05) is 1.37 Å². The van der Waals surface area contributed by atoms with Gasteiger partial charge in [-0.25, -0.2) is 4.79 Å². The largest absolute Gasteiger partial charge is 0.444 e. The Labute approximate surface area is 114 Å². The monoisotopic (exact) mass is 265 g/mol. The van der Waals surface area contributed by atoms with Crippen LogP contribution in [0.4, 0.5) is 4.79 Å². The van der Waals surface area contributed by atoms with Crippen LogP contribution in [0.5, 0.6) is 0 Å². The number of hydrogen-bond acceptors (Lipinski definition) is 4. The lowest BCUT2D eigenvalue weighted by molar-refractivity contribution is 0.0518. The molecule has 104 valence electrons. The van der Waals surface area contributed by atoms with Crippen molar-refractivity contribution in [1.29, 1.82) is 0 Å². The van der Waals surface area contributed by atoms with Crippen LogP contribution in [0.15, 0.2) is 35.5 Å². The summed E-state index contributed by atoms with van der Waals surface area (Å²) in [6.45, 7) is 3.29. The van der Waals surface area contributed by atoms with Gasteiger partial charge in [-0.2, -0.15) is 0 Å². The van der Waals surface area contributed by atoms with E-state index in [1.165, 1.54) is 6.21 Å². The minimum absolute atomic E-state index is 0.0299. The first-order valence-corrected chi connectivity index (χ1v) is 5.97. The third kappa shape index (κ3) is 6.45. The minimum atomic E-state index is -0.849. The summed E-state index contributed by atoms with van der Waals surface area (Å²) < 4.78 is 12.4. The molecule has 1 amide bonds. The summed E-state index contributed by atoms with van der Waals surface area (Å²) in [5.74, 6) is 0. The van der Waals surface area contributed by atoms with E-state index in [1.54, 1.807) is 13.8 Å². The lowest BCUT2D eigenvalue weighted by Gasteiger charge is -2.22. The highest BCUT2D eigenvalue weighted by atomic mass is 16.6. The molecule has 2 N–H and O–H groups in total. The summed E-state index contributed by atoms with van der Waals surface area (Å²) >= 11 is 0. The van der Waals surface area contributed by atoms with Crippen LogP contribution in [-0.2, 0) is 11.2 Å². The van der Waals surface area contributed by atoms with Crippen molar-refractivity contribution in [2.45, 2.75) is 38.8 Å². The highest BCUT2D eigenvalue weighted by molar-refractivity contribution is 5.75. The van der Waals surface area contributed by atoms with Gasteiger partial charge in [0.05, 0.1) is 12.3 Å². The molecular formula is C14H20N2O3. The highest BCUT2D eigenvalue weighted by Crippen LogP contribution is 2.08. The third-order valence-corrected chi connectivity index (χ3v) is 2.22. The number of ether oxygens (including phenoxy) is 1. The quantitative estimate of drug-likeness (QED) is 0.499. The first-order valence-electron chi connectivity index (χ1n) is 6.68. The van der Waals surface area contributed by atoms with Gasteiger partial charge in [-0.1, -0.05) is 35.5 Å². The molecule has 0 spiro atoms. The van der Waals surface area contributed by atoms with Crippen LogP contribution < -0.4 is 5.32 Å². The Balaban J connectivity index is 2.61. The van der Waals surface area contributed by atoms with E-state index in [4.69, 9.17) is 11.3 Å². The molecule has 1 atom stereocenters. The second-order valence-electron chi connectivity index (χ2n) is 4.85. The maximum Gasteiger partial charge on any atom is 0.408 e. The standard InChI is InChI=1S/C14H20N2O3/c1-14(2,3)19-13(17)16-12(10-15-18)9-11-7-5-4-6-8-11/h4-8,10,12,18H,9H2,1-3H3,(H,16,17)/b15-10-/t12-/m0/s1/i1D. The minimum Gasteiger partial charge on any atom is -0.444 e. The van der Waals surface area contributed by atoms with E-state index in [2.05, 4.69) is 10.5 Å². The van der Waals surface area contributed by atoms with Gasteiger partial charge in [-0.15, -0.1) is 0 Å². The van der Waals surface area contributed by atoms with E-state index in [9.17, 15) is 4.79 Å². The van der Waals surface area contributed by atoms with Gasteiger partial charge in [0.2, 0.25) is 0 Å². The molecule has 0 bridgehead atoms. The average Bonchev–Trinajstić information content (AvgIpc) is 2.39. The van der Waals surface area contributed by atoms with Gasteiger partial charge in [0.1, 0.15) is 5.60 Å². The third-order valence-electron chi connectivity index (χ3n) is 2.22. The van der Waals surface area contributed by atoms with Crippen molar-refractivity contribution in [2.24, 2.45) is 5.16 Å². The number of carbonyl (C=O) groups excluding carboxylic acids is 1. The predicted octanol–water partition coefficient (Wildman–Crippen LogP) is 2.58. The molecule has 0 aliphatic carbocycles. The molecule has 0 unspecified atom stereocenters. The zero-order valence-corrected chi connectivity index (χ0v) is 11.2. The Morgan fingerprint density at radius 2 is 2.26 bits per heavy atom. The van der Waals surface area contributed by atoms with Crippen LogP contribution in [0.1, 0.15) is 27.7 Å². The van der Waals surface area contributed by atoms with E-state index in [-0.39, 0.29) is 6.90 Å². The maximum atomic E-state index is 11.7. The summed E-state index contributed by atoms with van der Waals surface area (Å²) in [6, 6.07) is 9.04. The lowest BCUT2D eigenvalue weighted by atomic mass is 10.1. The molecule has 0 fully saturated rings. The summed E-state index contributed by atoms with van der Waals surface area (Å²) in [5, 5.41) is 14.2. The number of alkyl carbamates (subject to hydrolysis) is 1. The Morgan fingerprint density at radius 3 is 2.84 bits per heavy atom. The molecule has 1 rings (SSSR count). The summed E-state index contributed by atoms with van der Waals surface area (Å²) in [7, 11) is 0. The van der Waals surface area contributed by atoms with Crippen LogP contribution >= 0.6 is 0 Å². The van der Waals surface area contributed by atoms with Crippen LogP contribution in [0, 0.1) is 0 Å². The topological polar surface area (TPSA) is 70.9 Å². The first-order chi connectivity index (χ1) is 9.46. The number of amides is 1. The van der Waals surface area contributed by atoms with Crippen LogP contribution in [-0.4, -0.2) is 29.2 Å². The van der Waals surface area contributed by atoms with Crippen molar-refractivity contribution in [3.63, 3.8) is 0 Å². The number of rotatable bonds is 4. The molecule has 0 aliphatic heterocycles. The average molecular weight is 265 g/mol. The van der Waals surface area contributed by atoms with E-state index in [1.807, 2.05) is 30.3 Å². The number of nitrogens with zero attached hydrogens (tertiary/aromatic N) is 1. The van der Waals surface area contributed by atoms with Gasteiger partial charge in [0.25, 0.3) is 0 Å². The molecule has 19 heavy (non-hydrogen) atoms. The number of benzene rings is 1. The number of oxime groups is 1. The maximum absolute atomic E-state index is 11.7. The molecular weight excluding hydrogens is 244 g/mol. The van der Waals surface area contributed by atoms with Gasteiger partial charge in [-0.3, -0.25) is 0 Å². The van der Waals surface area contributed by atoms with Crippen molar-refractivity contribution in [3.05, 3.63) is 35.9 Å². The fourth-order valence-electron chi connectivity index (χ4n) is 1.52. The summed E-state index contributed by atoms with van der Waals surface area (Å²) in [4.78, 5) is 11.7. The fraction of sp³-hybridized carbons (Fsp3) is 0.429. The van der Waals surface area contributed by atoms with Gasteiger partial charge in [0.15, 0.2) is 0 Å². The molecule has 1 aromatic carbocycles. The zero-order chi connectivity index (χ0) is 15.0. The Bertz CT molecular complexity index is 449. The molecule has 1 aromatic rings. The van der Waals surface area contributed by atoms with E-state index >= 15 is 0 Å². The van der Waals surface area contributed by atoms with Crippen LogP contribution in [0.3, 0.4) is 0 Å². The summed E-state index contributed by atoms with van der Waals surface area (Å²) in [5.41, 5.74) is 0.148. The molecule has 0 radical (unpaired) electrons. The number of carbonyl (C=O) groups is 1. The van der Waals surface area contributed by atoms with E-state index in [0.29, 0.717) is 6.42 Å². The molecule has 0 heterocycles. The van der Waals surface area contributed by atoms with Gasteiger partial charge >= 0.3 is 6.09 Å². The highest BCUT2D eigenvalue weighted by Gasteiger charge is 2.18. The Morgan fingerprint density at radius 1 is 1.58 bits per heavy atom. The second-order valence-corrected chi connectivity index (χ2v) is 4.85. The van der Waals surface area contributed by atoms with Crippen molar-refractivity contribution >= 4 is 12.3 Å². The molecule has 0 aromatic heterocycles.